The summed E-state index contributed by atoms with van der Waals surface area (Å²) in [6, 6.07) is 5.13. The first-order valence-electron chi connectivity index (χ1n) is 3.43. The number of pyridine rings is 1. The van der Waals surface area contributed by atoms with Crippen LogP contribution in [0.2, 0.25) is 0 Å². The summed E-state index contributed by atoms with van der Waals surface area (Å²) >= 11 is 1.32. The van der Waals surface area contributed by atoms with E-state index in [9.17, 15) is 5.11 Å². The minimum absolute atomic E-state index is 0.196. The molecule has 0 bridgehead atoms. The predicted octanol–water partition coefficient (Wildman–Crippen LogP) is 1.91. The molecular formula is C8H6N2OS. The molecule has 3 nitrogen and oxygen atoms in total. The highest BCUT2D eigenvalue weighted by atomic mass is 32.1. The Morgan fingerprint density at radius 1 is 1.25 bits per heavy atom. The standard InChI is InChI=1S/C8H6N2OS/c11-6-2-1-4-9-8(6)7-3-5-10-12-7/h1-5,11H. The third kappa shape index (κ3) is 1.16. The molecule has 1 N–H and O–H groups in total. The maximum Gasteiger partial charge on any atom is 0.142 e. The normalized spacial score (nSPS) is 10.0. The van der Waals surface area contributed by atoms with E-state index in [4.69, 9.17) is 0 Å². The van der Waals surface area contributed by atoms with E-state index in [0.717, 1.165) is 4.88 Å². The van der Waals surface area contributed by atoms with Gasteiger partial charge in [0.2, 0.25) is 0 Å². The SMILES string of the molecule is Oc1cccnc1-c1ccns1. The van der Waals surface area contributed by atoms with Crippen molar-refractivity contribution < 1.29 is 5.11 Å². The second-order valence-electron chi connectivity index (χ2n) is 2.25. The van der Waals surface area contributed by atoms with Crippen molar-refractivity contribution in [3.05, 3.63) is 30.6 Å². The van der Waals surface area contributed by atoms with Crippen LogP contribution < -0.4 is 0 Å². The Labute approximate surface area is 73.5 Å². The van der Waals surface area contributed by atoms with Crippen LogP contribution >= 0.6 is 11.5 Å². The van der Waals surface area contributed by atoms with Crippen LogP contribution in [0.3, 0.4) is 0 Å². The molecule has 2 heterocycles. The number of nitrogens with zero attached hydrogens (tertiary/aromatic N) is 2. The molecule has 60 valence electrons. The molecule has 2 aromatic heterocycles. The molecule has 12 heavy (non-hydrogen) atoms. The van der Waals surface area contributed by atoms with E-state index in [-0.39, 0.29) is 5.75 Å². The second kappa shape index (κ2) is 2.91. The summed E-state index contributed by atoms with van der Waals surface area (Å²) in [6.07, 6.45) is 3.34. The van der Waals surface area contributed by atoms with E-state index in [1.165, 1.54) is 11.5 Å². The van der Waals surface area contributed by atoms with Crippen LogP contribution in [0.25, 0.3) is 10.6 Å². The monoisotopic (exact) mass is 178 g/mol. The molecule has 0 amide bonds. The maximum absolute atomic E-state index is 9.40. The van der Waals surface area contributed by atoms with Gasteiger partial charge in [-0.25, -0.2) is 4.37 Å². The van der Waals surface area contributed by atoms with Gasteiger partial charge in [-0.15, -0.1) is 0 Å². The van der Waals surface area contributed by atoms with Crippen molar-refractivity contribution in [1.82, 2.24) is 9.36 Å². The minimum Gasteiger partial charge on any atom is -0.506 e. The van der Waals surface area contributed by atoms with E-state index < -0.39 is 0 Å². The van der Waals surface area contributed by atoms with Crippen molar-refractivity contribution in [3.8, 4) is 16.3 Å². The average molecular weight is 178 g/mol. The van der Waals surface area contributed by atoms with Gasteiger partial charge in [-0.3, -0.25) is 4.98 Å². The lowest BCUT2D eigenvalue weighted by molar-refractivity contribution is 0.475. The molecule has 0 atom stereocenters. The smallest absolute Gasteiger partial charge is 0.142 e. The Bertz CT molecular complexity index is 372. The van der Waals surface area contributed by atoms with Gasteiger partial charge >= 0.3 is 0 Å². The van der Waals surface area contributed by atoms with E-state index in [1.54, 1.807) is 24.5 Å². The molecule has 0 saturated carbocycles. The molecule has 2 rings (SSSR count). The summed E-state index contributed by atoms with van der Waals surface area (Å²) in [4.78, 5) is 4.92. The number of rotatable bonds is 1. The zero-order chi connectivity index (χ0) is 8.39. The molecule has 0 aliphatic rings. The van der Waals surface area contributed by atoms with Crippen molar-refractivity contribution in [2.45, 2.75) is 0 Å². The van der Waals surface area contributed by atoms with Gasteiger partial charge in [0.05, 0.1) is 4.88 Å². The fourth-order valence-electron chi connectivity index (χ4n) is 0.925. The van der Waals surface area contributed by atoms with E-state index in [0.29, 0.717) is 5.69 Å². The highest BCUT2D eigenvalue weighted by molar-refractivity contribution is 7.09. The van der Waals surface area contributed by atoms with Gasteiger partial charge in [-0.05, 0) is 29.7 Å². The zero-order valence-corrected chi connectivity index (χ0v) is 6.95. The van der Waals surface area contributed by atoms with Crippen molar-refractivity contribution in [2.75, 3.05) is 0 Å². The Morgan fingerprint density at radius 2 is 2.17 bits per heavy atom. The molecule has 0 aromatic carbocycles. The molecule has 2 aromatic rings. The third-order valence-electron chi connectivity index (χ3n) is 1.46. The lowest BCUT2D eigenvalue weighted by atomic mass is 10.3. The molecule has 0 spiro atoms. The average Bonchev–Trinajstić information content (AvgIpc) is 2.57. The molecule has 0 saturated heterocycles. The topological polar surface area (TPSA) is 46.0 Å². The van der Waals surface area contributed by atoms with Gasteiger partial charge < -0.3 is 5.11 Å². The summed E-state index contributed by atoms with van der Waals surface area (Å²) in [7, 11) is 0. The van der Waals surface area contributed by atoms with Crippen LogP contribution in [0.5, 0.6) is 5.75 Å². The molecule has 0 radical (unpaired) electrons. The second-order valence-corrected chi connectivity index (χ2v) is 3.08. The van der Waals surface area contributed by atoms with E-state index in [2.05, 4.69) is 9.36 Å². The predicted molar refractivity (Wildman–Crippen MR) is 47.0 cm³/mol. The zero-order valence-electron chi connectivity index (χ0n) is 6.14. The van der Waals surface area contributed by atoms with Crippen LogP contribution in [0, 0.1) is 0 Å². The summed E-state index contributed by atoms with van der Waals surface area (Å²) in [5.74, 6) is 0.196. The van der Waals surface area contributed by atoms with Gasteiger partial charge in [-0.2, -0.15) is 0 Å². The molecule has 0 aliphatic heterocycles. The lowest BCUT2D eigenvalue weighted by Crippen LogP contribution is -1.78. The van der Waals surface area contributed by atoms with E-state index in [1.807, 2.05) is 6.07 Å². The molecular weight excluding hydrogens is 172 g/mol. The van der Waals surface area contributed by atoms with Crippen LogP contribution in [-0.4, -0.2) is 14.5 Å². The fourth-order valence-corrected chi connectivity index (χ4v) is 1.53. The first-order valence-corrected chi connectivity index (χ1v) is 4.20. The number of hydrogen-bond donors (Lipinski definition) is 1. The van der Waals surface area contributed by atoms with Gasteiger partial charge in [-0.1, -0.05) is 0 Å². The minimum atomic E-state index is 0.196. The van der Waals surface area contributed by atoms with Crippen molar-refractivity contribution in [2.24, 2.45) is 0 Å². The van der Waals surface area contributed by atoms with Crippen LogP contribution in [0.15, 0.2) is 30.6 Å². The molecule has 4 heteroatoms. The fraction of sp³-hybridized carbons (Fsp3) is 0. The number of hydrogen-bond acceptors (Lipinski definition) is 4. The van der Waals surface area contributed by atoms with Crippen LogP contribution in [0.4, 0.5) is 0 Å². The first-order chi connectivity index (χ1) is 5.88. The van der Waals surface area contributed by atoms with Gasteiger partial charge in [0.15, 0.2) is 0 Å². The van der Waals surface area contributed by atoms with Gasteiger partial charge in [0.1, 0.15) is 11.4 Å². The van der Waals surface area contributed by atoms with Crippen LogP contribution in [-0.2, 0) is 0 Å². The maximum atomic E-state index is 9.40. The highest BCUT2D eigenvalue weighted by Crippen LogP contribution is 2.27. The van der Waals surface area contributed by atoms with E-state index >= 15 is 0 Å². The molecule has 0 unspecified atom stereocenters. The van der Waals surface area contributed by atoms with Crippen molar-refractivity contribution in [1.29, 1.82) is 0 Å². The summed E-state index contributed by atoms with van der Waals surface area (Å²) < 4.78 is 3.93. The molecule has 0 aliphatic carbocycles. The number of aromatic nitrogens is 2. The summed E-state index contributed by atoms with van der Waals surface area (Å²) in [5, 5.41) is 9.40. The van der Waals surface area contributed by atoms with Crippen molar-refractivity contribution in [3.63, 3.8) is 0 Å². The van der Waals surface area contributed by atoms with Gasteiger partial charge in [0.25, 0.3) is 0 Å². The largest absolute Gasteiger partial charge is 0.506 e. The Hall–Kier alpha value is -1.42. The quantitative estimate of drug-likeness (QED) is 0.725. The third-order valence-corrected chi connectivity index (χ3v) is 2.21. The summed E-state index contributed by atoms with van der Waals surface area (Å²) in [5.41, 5.74) is 0.597. The Kier molecular flexibility index (Phi) is 1.75. The summed E-state index contributed by atoms with van der Waals surface area (Å²) in [6.45, 7) is 0. The lowest BCUT2D eigenvalue weighted by Gasteiger charge is -1.97. The van der Waals surface area contributed by atoms with Crippen LogP contribution in [0.1, 0.15) is 0 Å². The molecule has 0 fully saturated rings. The van der Waals surface area contributed by atoms with Crippen molar-refractivity contribution >= 4 is 11.5 Å². The first kappa shape index (κ1) is 7.24. The number of aromatic hydroxyl groups is 1. The Morgan fingerprint density at radius 3 is 2.83 bits per heavy atom. The Balaban J connectivity index is 2.55. The van der Waals surface area contributed by atoms with Gasteiger partial charge in [0, 0.05) is 12.4 Å². The highest BCUT2D eigenvalue weighted by Gasteiger charge is 2.05.